The van der Waals surface area contributed by atoms with Gasteiger partial charge in [-0.25, -0.2) is 4.79 Å². The number of nitrogens with zero attached hydrogens (tertiary/aromatic N) is 2. The summed E-state index contributed by atoms with van der Waals surface area (Å²) in [6.45, 7) is 6.43. The van der Waals surface area contributed by atoms with Gasteiger partial charge in [0.15, 0.2) is 0 Å². The van der Waals surface area contributed by atoms with E-state index in [9.17, 15) is 9.90 Å². The summed E-state index contributed by atoms with van der Waals surface area (Å²) in [6.07, 6.45) is 5.37. The number of allylic oxidation sites excluding steroid dienone is 1. The molecule has 1 aromatic carbocycles. The maximum atomic E-state index is 11.4. The molecule has 2 unspecified atom stereocenters. The number of benzene rings is 1. The van der Waals surface area contributed by atoms with Crippen molar-refractivity contribution in [3.8, 4) is 6.07 Å². The zero-order valence-corrected chi connectivity index (χ0v) is 15.3. The minimum absolute atomic E-state index is 0.0179. The Labute approximate surface area is 153 Å². The highest BCUT2D eigenvalue weighted by atomic mass is 16.4. The van der Waals surface area contributed by atoms with E-state index < -0.39 is 11.6 Å². The molecule has 1 amide bonds. The fraction of sp³-hybridized carbons (Fsp3) is 0.381. The summed E-state index contributed by atoms with van der Waals surface area (Å²) in [5, 5.41) is 21.9. The summed E-state index contributed by atoms with van der Waals surface area (Å²) < 4.78 is 0. The molecular weight excluding hydrogens is 326 g/mol. The van der Waals surface area contributed by atoms with Crippen LogP contribution >= 0.6 is 0 Å². The summed E-state index contributed by atoms with van der Waals surface area (Å²) in [7, 11) is 0. The standard InChI is InChI=1S/C21H23N3O2/c1-20(2,3)17-13-21(17,24-19(25)26)12-16-11-14(6-4-8-22)10-15-7-5-9-23-18(15)16/h4-7,9-11,17,24H,12-13H2,1-3H3,(H,25,26). The Morgan fingerprint density at radius 1 is 1.50 bits per heavy atom. The van der Waals surface area contributed by atoms with E-state index in [2.05, 4.69) is 31.1 Å². The van der Waals surface area contributed by atoms with Crippen molar-refractivity contribution in [2.45, 2.75) is 39.2 Å². The third kappa shape index (κ3) is 3.55. The molecule has 1 heterocycles. The van der Waals surface area contributed by atoms with Crippen molar-refractivity contribution < 1.29 is 9.90 Å². The van der Waals surface area contributed by atoms with Crippen molar-refractivity contribution in [2.24, 2.45) is 11.3 Å². The minimum atomic E-state index is -0.991. The van der Waals surface area contributed by atoms with Gasteiger partial charge < -0.3 is 10.4 Å². The van der Waals surface area contributed by atoms with E-state index >= 15 is 0 Å². The normalized spacial score (nSPS) is 22.3. The molecule has 1 aliphatic carbocycles. The van der Waals surface area contributed by atoms with Gasteiger partial charge in [0, 0.05) is 17.7 Å². The molecule has 5 heteroatoms. The summed E-state index contributed by atoms with van der Waals surface area (Å²) in [5.74, 6) is 0.267. The molecule has 2 atom stereocenters. The maximum Gasteiger partial charge on any atom is 0.405 e. The number of carbonyl (C=O) groups is 1. The summed E-state index contributed by atoms with van der Waals surface area (Å²) in [4.78, 5) is 15.9. The minimum Gasteiger partial charge on any atom is -0.465 e. The predicted octanol–water partition coefficient (Wildman–Crippen LogP) is 4.39. The Kier molecular flexibility index (Phi) is 4.45. The summed E-state index contributed by atoms with van der Waals surface area (Å²) in [5.41, 5.74) is 2.35. The van der Waals surface area contributed by atoms with E-state index in [0.29, 0.717) is 6.42 Å². The largest absolute Gasteiger partial charge is 0.465 e. The summed E-state index contributed by atoms with van der Waals surface area (Å²) >= 11 is 0. The second kappa shape index (κ2) is 6.45. The van der Waals surface area contributed by atoms with Crippen LogP contribution in [-0.2, 0) is 6.42 Å². The Morgan fingerprint density at radius 3 is 2.88 bits per heavy atom. The van der Waals surface area contributed by atoms with E-state index in [4.69, 9.17) is 5.26 Å². The van der Waals surface area contributed by atoms with Gasteiger partial charge in [0.05, 0.1) is 17.1 Å². The van der Waals surface area contributed by atoms with Crippen LogP contribution in [0.25, 0.3) is 17.0 Å². The van der Waals surface area contributed by atoms with Crippen LogP contribution in [0.1, 0.15) is 38.3 Å². The number of nitrogens with one attached hydrogen (secondary N) is 1. The monoisotopic (exact) mass is 349 g/mol. The number of fused-ring (bicyclic) bond motifs is 1. The van der Waals surface area contributed by atoms with Crippen molar-refractivity contribution >= 4 is 23.1 Å². The number of hydrogen-bond donors (Lipinski definition) is 2. The Hall–Kier alpha value is -2.87. The Bertz CT molecular complexity index is 921. The fourth-order valence-corrected chi connectivity index (χ4v) is 4.03. The maximum absolute atomic E-state index is 11.4. The van der Waals surface area contributed by atoms with Crippen LogP contribution in [0, 0.1) is 22.7 Å². The lowest BCUT2D eigenvalue weighted by atomic mass is 9.85. The van der Waals surface area contributed by atoms with Crippen molar-refractivity contribution in [3.05, 3.63) is 47.7 Å². The Morgan fingerprint density at radius 2 is 2.27 bits per heavy atom. The molecule has 2 aromatic rings. The molecule has 0 saturated heterocycles. The molecule has 0 aliphatic heterocycles. The Balaban J connectivity index is 2.05. The van der Waals surface area contributed by atoms with Crippen LogP contribution in [-0.4, -0.2) is 21.7 Å². The smallest absolute Gasteiger partial charge is 0.405 e. The molecule has 0 spiro atoms. The highest BCUT2D eigenvalue weighted by Gasteiger charge is 2.59. The molecule has 0 radical (unpaired) electrons. The van der Waals surface area contributed by atoms with Gasteiger partial charge in [0.2, 0.25) is 0 Å². The number of carboxylic acid groups (broad SMARTS) is 1. The van der Waals surface area contributed by atoms with Crippen LogP contribution in [0.15, 0.2) is 36.5 Å². The lowest BCUT2D eigenvalue weighted by Crippen LogP contribution is -2.41. The van der Waals surface area contributed by atoms with Gasteiger partial charge in [0.1, 0.15) is 0 Å². The SMILES string of the molecule is CC(C)(C)C1CC1(Cc1cc(C=CC#N)cc2cccnc12)NC(=O)O. The van der Waals surface area contributed by atoms with Gasteiger partial charge in [-0.15, -0.1) is 0 Å². The molecule has 134 valence electrons. The second-order valence-electron chi connectivity index (χ2n) is 8.10. The molecule has 1 fully saturated rings. The third-order valence-electron chi connectivity index (χ3n) is 5.14. The van der Waals surface area contributed by atoms with Crippen LogP contribution in [0.5, 0.6) is 0 Å². The van der Waals surface area contributed by atoms with Gasteiger partial charge in [0.25, 0.3) is 0 Å². The number of pyridine rings is 1. The first-order valence-corrected chi connectivity index (χ1v) is 8.70. The summed E-state index contributed by atoms with van der Waals surface area (Å²) in [6, 6.07) is 9.88. The van der Waals surface area contributed by atoms with E-state index in [1.54, 1.807) is 12.3 Å². The van der Waals surface area contributed by atoms with Crippen molar-refractivity contribution in [3.63, 3.8) is 0 Å². The molecule has 2 N–H and O–H groups in total. The lowest BCUT2D eigenvalue weighted by molar-refractivity contribution is 0.182. The number of hydrogen-bond acceptors (Lipinski definition) is 3. The molecule has 1 aliphatic rings. The van der Waals surface area contributed by atoms with E-state index in [-0.39, 0.29) is 11.3 Å². The van der Waals surface area contributed by atoms with Gasteiger partial charge in [-0.3, -0.25) is 4.98 Å². The number of rotatable bonds is 4. The van der Waals surface area contributed by atoms with E-state index in [1.807, 2.05) is 30.3 Å². The van der Waals surface area contributed by atoms with Gasteiger partial charge in [-0.05, 0) is 59.6 Å². The first-order valence-electron chi connectivity index (χ1n) is 8.70. The molecule has 1 aromatic heterocycles. The molecule has 5 nitrogen and oxygen atoms in total. The highest BCUT2D eigenvalue weighted by Crippen LogP contribution is 2.55. The van der Waals surface area contributed by atoms with Crippen LogP contribution in [0.2, 0.25) is 0 Å². The molecular formula is C21H23N3O2. The molecule has 3 rings (SSSR count). The lowest BCUT2D eigenvalue weighted by Gasteiger charge is -2.25. The van der Waals surface area contributed by atoms with Crippen LogP contribution in [0.4, 0.5) is 4.79 Å². The molecule has 26 heavy (non-hydrogen) atoms. The average Bonchev–Trinajstić information content (AvgIpc) is 3.26. The zero-order valence-electron chi connectivity index (χ0n) is 15.3. The van der Waals surface area contributed by atoms with Crippen LogP contribution < -0.4 is 5.32 Å². The van der Waals surface area contributed by atoms with E-state index in [0.717, 1.165) is 28.5 Å². The number of aromatic nitrogens is 1. The van der Waals surface area contributed by atoms with E-state index in [1.165, 1.54) is 6.08 Å². The highest BCUT2D eigenvalue weighted by molar-refractivity contribution is 5.85. The average molecular weight is 349 g/mol. The third-order valence-corrected chi connectivity index (χ3v) is 5.14. The molecule has 1 saturated carbocycles. The zero-order chi connectivity index (χ0) is 18.9. The van der Waals surface area contributed by atoms with Crippen molar-refractivity contribution in [1.29, 1.82) is 5.26 Å². The first kappa shape index (κ1) is 17.9. The van der Waals surface area contributed by atoms with Gasteiger partial charge >= 0.3 is 6.09 Å². The quantitative estimate of drug-likeness (QED) is 0.802. The van der Waals surface area contributed by atoms with Gasteiger partial charge in [-0.2, -0.15) is 5.26 Å². The van der Waals surface area contributed by atoms with Crippen molar-refractivity contribution in [1.82, 2.24) is 10.3 Å². The topological polar surface area (TPSA) is 86.0 Å². The first-order chi connectivity index (χ1) is 12.2. The van der Waals surface area contributed by atoms with Gasteiger partial charge in [-0.1, -0.05) is 26.8 Å². The van der Waals surface area contributed by atoms with Crippen LogP contribution in [0.3, 0.4) is 0 Å². The second-order valence-corrected chi connectivity index (χ2v) is 8.10. The molecule has 0 bridgehead atoms. The fourth-order valence-electron chi connectivity index (χ4n) is 4.03. The number of nitriles is 1. The van der Waals surface area contributed by atoms with Crippen molar-refractivity contribution in [2.75, 3.05) is 0 Å². The number of amides is 1. The predicted molar refractivity (Wildman–Crippen MR) is 102 cm³/mol.